The van der Waals surface area contributed by atoms with Crippen molar-refractivity contribution in [3.8, 4) is 0 Å². The lowest BCUT2D eigenvalue weighted by Crippen LogP contribution is -2.45. The summed E-state index contributed by atoms with van der Waals surface area (Å²) < 4.78 is 26.8. The molecule has 0 bridgehead atoms. The highest BCUT2D eigenvalue weighted by Crippen LogP contribution is 2.32. The molecule has 1 aromatic carbocycles. The van der Waals surface area contributed by atoms with Crippen LogP contribution in [0.5, 0.6) is 0 Å². The van der Waals surface area contributed by atoms with Gasteiger partial charge in [0.25, 0.3) is 0 Å². The van der Waals surface area contributed by atoms with E-state index in [1.54, 1.807) is 6.07 Å². The molecule has 1 aromatic rings. The highest BCUT2D eigenvalue weighted by Gasteiger charge is 2.24. The number of nitrogens with zero attached hydrogens (tertiary/aromatic N) is 1. The van der Waals surface area contributed by atoms with Gasteiger partial charge in [-0.05, 0) is 34.0 Å². The minimum atomic E-state index is -0.391. The van der Waals surface area contributed by atoms with Gasteiger partial charge in [-0.15, -0.1) is 12.4 Å². The lowest BCUT2D eigenvalue weighted by Gasteiger charge is -2.35. The number of benzene rings is 1. The molecule has 1 heterocycles. The number of hydrogen-bond acceptors (Lipinski definition) is 2. The monoisotopic (exact) mass is 354 g/mol. The molecule has 19 heavy (non-hydrogen) atoms. The molecular weight excluding hydrogens is 338 g/mol. The van der Waals surface area contributed by atoms with Gasteiger partial charge in [-0.2, -0.15) is 0 Å². The number of halogens is 4. The predicted octanol–water partition coefficient (Wildman–Crippen LogP) is 3.32. The quantitative estimate of drug-likeness (QED) is 0.891. The van der Waals surface area contributed by atoms with E-state index >= 15 is 0 Å². The van der Waals surface area contributed by atoms with Crippen molar-refractivity contribution in [3.05, 3.63) is 34.1 Å². The number of nitrogens with one attached hydrogen (secondary N) is 1. The Balaban J connectivity index is 0.00000180. The topological polar surface area (TPSA) is 15.3 Å². The number of piperazine rings is 1. The molecule has 0 aliphatic carbocycles. The van der Waals surface area contributed by atoms with Crippen LogP contribution in [0.4, 0.5) is 8.78 Å². The van der Waals surface area contributed by atoms with E-state index in [9.17, 15) is 8.78 Å². The number of hydrogen-bond donors (Lipinski definition) is 1. The van der Waals surface area contributed by atoms with Crippen molar-refractivity contribution in [1.82, 2.24) is 10.2 Å². The fourth-order valence-electron chi connectivity index (χ4n) is 2.41. The van der Waals surface area contributed by atoms with E-state index in [1.807, 2.05) is 6.07 Å². The molecule has 1 N–H and O–H groups in total. The lowest BCUT2D eigenvalue weighted by atomic mass is 10.0. The van der Waals surface area contributed by atoms with Crippen molar-refractivity contribution in [3.63, 3.8) is 0 Å². The fraction of sp³-hybridized carbons (Fsp3) is 0.538. The molecule has 0 amide bonds. The van der Waals surface area contributed by atoms with E-state index in [1.165, 1.54) is 6.07 Å². The molecule has 2 rings (SSSR count). The van der Waals surface area contributed by atoms with E-state index in [4.69, 9.17) is 0 Å². The molecular formula is C13H18BrClF2N2. The summed E-state index contributed by atoms with van der Waals surface area (Å²) in [6, 6.07) is 4.91. The van der Waals surface area contributed by atoms with Crippen LogP contribution in [0.2, 0.25) is 0 Å². The predicted molar refractivity (Wildman–Crippen MR) is 79.1 cm³/mol. The highest BCUT2D eigenvalue weighted by molar-refractivity contribution is 9.10. The van der Waals surface area contributed by atoms with Gasteiger partial charge in [0.1, 0.15) is 5.82 Å². The van der Waals surface area contributed by atoms with Crippen LogP contribution in [0.3, 0.4) is 0 Å². The fourth-order valence-corrected chi connectivity index (χ4v) is 2.94. The van der Waals surface area contributed by atoms with Crippen LogP contribution in [-0.2, 0) is 0 Å². The second-order valence-corrected chi connectivity index (χ2v) is 5.22. The molecule has 108 valence electrons. The van der Waals surface area contributed by atoms with Crippen molar-refractivity contribution >= 4 is 28.3 Å². The van der Waals surface area contributed by atoms with Crippen LogP contribution in [0.15, 0.2) is 22.7 Å². The zero-order valence-corrected chi connectivity index (χ0v) is 12.9. The average Bonchev–Trinajstić information content (AvgIpc) is 2.41. The van der Waals surface area contributed by atoms with Gasteiger partial charge in [-0.25, -0.2) is 4.39 Å². The molecule has 1 aliphatic heterocycles. The smallest absolute Gasteiger partial charge is 0.137 e. The third-order valence-electron chi connectivity index (χ3n) is 3.32. The summed E-state index contributed by atoms with van der Waals surface area (Å²) >= 11 is 3.28. The zero-order valence-electron chi connectivity index (χ0n) is 10.5. The molecule has 1 aliphatic rings. The van der Waals surface area contributed by atoms with E-state index in [2.05, 4.69) is 26.1 Å². The van der Waals surface area contributed by atoms with Gasteiger partial charge in [0.05, 0.1) is 11.1 Å². The maximum Gasteiger partial charge on any atom is 0.137 e. The lowest BCUT2D eigenvalue weighted by molar-refractivity contribution is 0.156. The van der Waals surface area contributed by atoms with Gasteiger partial charge in [-0.1, -0.05) is 12.1 Å². The Hall–Kier alpha value is -0.230. The summed E-state index contributed by atoms with van der Waals surface area (Å²) in [5, 5.41) is 3.27. The molecule has 0 radical (unpaired) electrons. The van der Waals surface area contributed by atoms with Crippen molar-refractivity contribution < 1.29 is 8.78 Å². The Morgan fingerprint density at radius 3 is 2.63 bits per heavy atom. The first-order valence-electron chi connectivity index (χ1n) is 6.18. The first kappa shape index (κ1) is 16.8. The summed E-state index contributed by atoms with van der Waals surface area (Å²) in [5.41, 5.74) is 0.842. The maximum absolute atomic E-state index is 13.6. The van der Waals surface area contributed by atoms with Gasteiger partial charge < -0.3 is 5.32 Å². The Bertz CT molecular complexity index is 400. The molecule has 0 saturated carbocycles. The minimum Gasteiger partial charge on any atom is -0.314 e. The second-order valence-electron chi connectivity index (χ2n) is 4.42. The van der Waals surface area contributed by atoms with E-state index in [0.29, 0.717) is 10.9 Å². The third kappa shape index (κ3) is 4.12. The summed E-state index contributed by atoms with van der Waals surface area (Å²) in [7, 11) is 0. The molecule has 1 saturated heterocycles. The van der Waals surface area contributed by atoms with Crippen LogP contribution in [-0.4, -0.2) is 37.8 Å². The molecule has 0 aromatic heterocycles. The van der Waals surface area contributed by atoms with Gasteiger partial charge in [0, 0.05) is 32.2 Å². The van der Waals surface area contributed by atoms with Gasteiger partial charge in [0.15, 0.2) is 0 Å². The van der Waals surface area contributed by atoms with Crippen LogP contribution >= 0.6 is 28.3 Å². The van der Waals surface area contributed by atoms with Crippen molar-refractivity contribution in [2.45, 2.75) is 12.5 Å². The van der Waals surface area contributed by atoms with Crippen LogP contribution in [0.1, 0.15) is 18.0 Å². The standard InChI is InChI=1S/C13H17BrF2N2.ClH/c14-13-10(2-1-3-11(13)16)12(4-5-15)18-8-6-17-7-9-18;/h1-3,12,17H,4-9H2;1H/t12-;/m0./s1. The zero-order chi connectivity index (χ0) is 13.0. The number of alkyl halides is 1. The van der Waals surface area contributed by atoms with Gasteiger partial charge in [0.2, 0.25) is 0 Å². The molecule has 0 spiro atoms. The van der Waals surface area contributed by atoms with Crippen molar-refractivity contribution in [1.29, 1.82) is 0 Å². The number of rotatable bonds is 4. The van der Waals surface area contributed by atoms with E-state index in [0.717, 1.165) is 31.7 Å². The third-order valence-corrected chi connectivity index (χ3v) is 4.15. The summed E-state index contributed by atoms with van der Waals surface area (Å²) in [6.07, 6.45) is 0.405. The normalized spacial score (nSPS) is 17.8. The Morgan fingerprint density at radius 1 is 1.32 bits per heavy atom. The van der Waals surface area contributed by atoms with Crippen molar-refractivity contribution in [2.75, 3.05) is 32.9 Å². The SMILES string of the molecule is Cl.FCC[C@@H](c1cccc(F)c1Br)N1CCNCC1. The molecule has 6 heteroatoms. The van der Waals surface area contributed by atoms with Crippen LogP contribution in [0.25, 0.3) is 0 Å². The second kappa shape index (κ2) is 8.15. The van der Waals surface area contributed by atoms with Crippen LogP contribution < -0.4 is 5.32 Å². The first-order valence-corrected chi connectivity index (χ1v) is 6.98. The average molecular weight is 356 g/mol. The molecule has 2 nitrogen and oxygen atoms in total. The van der Waals surface area contributed by atoms with Crippen LogP contribution in [0, 0.1) is 5.82 Å². The first-order chi connectivity index (χ1) is 8.74. The minimum absolute atomic E-state index is 0. The largest absolute Gasteiger partial charge is 0.314 e. The Labute approximate surface area is 127 Å². The summed E-state index contributed by atoms with van der Waals surface area (Å²) in [6.45, 7) is 3.14. The van der Waals surface area contributed by atoms with Crippen molar-refractivity contribution in [2.24, 2.45) is 0 Å². The highest BCUT2D eigenvalue weighted by atomic mass is 79.9. The van der Waals surface area contributed by atoms with E-state index < -0.39 is 6.67 Å². The summed E-state index contributed by atoms with van der Waals surface area (Å²) in [4.78, 5) is 2.22. The maximum atomic E-state index is 13.6. The van der Waals surface area contributed by atoms with E-state index in [-0.39, 0.29) is 24.3 Å². The molecule has 0 unspecified atom stereocenters. The molecule has 1 fully saturated rings. The molecule has 1 atom stereocenters. The Kier molecular flexibility index (Phi) is 7.21. The van der Waals surface area contributed by atoms with Gasteiger partial charge >= 0.3 is 0 Å². The summed E-state index contributed by atoms with van der Waals surface area (Å²) in [5.74, 6) is -0.286. The van der Waals surface area contributed by atoms with Gasteiger partial charge in [-0.3, -0.25) is 9.29 Å². The Morgan fingerprint density at radius 2 is 2.00 bits per heavy atom.